The summed E-state index contributed by atoms with van der Waals surface area (Å²) in [7, 11) is -0.446. The number of ether oxygens (including phenoxy) is 1. The number of hydrogen-bond acceptors (Lipinski definition) is 4. The van der Waals surface area contributed by atoms with E-state index < -0.39 is 20.7 Å². The third kappa shape index (κ3) is 1.87. The molecule has 1 aliphatic carbocycles. The lowest BCUT2D eigenvalue weighted by Gasteiger charge is -2.18. The number of sulfonamides is 1. The summed E-state index contributed by atoms with van der Waals surface area (Å²) in [6, 6.07) is 5.26. The van der Waals surface area contributed by atoms with Gasteiger partial charge in [0.05, 0.1) is 7.11 Å². The number of methoxy groups -OCH3 is 1. The minimum absolute atomic E-state index is 0.0916. The molecule has 0 bridgehead atoms. The number of aryl methyl sites for hydroxylation is 1. The zero-order valence-corrected chi connectivity index (χ0v) is 13.0. The molecule has 1 N–H and O–H groups in total. The topological polar surface area (TPSA) is 75.7 Å². The van der Waals surface area contributed by atoms with Crippen LogP contribution in [0.15, 0.2) is 18.2 Å². The molecule has 1 saturated carbocycles. The zero-order chi connectivity index (χ0) is 15.4. The second kappa shape index (κ2) is 4.45. The van der Waals surface area contributed by atoms with E-state index in [1.165, 1.54) is 11.4 Å². The second-order valence-electron chi connectivity index (χ2n) is 5.71. The Morgan fingerprint density at radius 2 is 2.19 bits per heavy atom. The van der Waals surface area contributed by atoms with Crippen molar-refractivity contribution in [2.75, 3.05) is 26.0 Å². The van der Waals surface area contributed by atoms with Gasteiger partial charge >= 0.3 is 0 Å². The Balaban J connectivity index is 1.86. The lowest BCUT2D eigenvalue weighted by atomic mass is 10.2. The molecule has 0 unspecified atom stereocenters. The van der Waals surface area contributed by atoms with Gasteiger partial charge in [0.2, 0.25) is 15.9 Å². The van der Waals surface area contributed by atoms with Crippen LogP contribution in [0, 0.1) is 12.8 Å². The summed E-state index contributed by atoms with van der Waals surface area (Å²) < 4.78 is 29.8. The number of carbonyl (C=O) groups is 1. The monoisotopic (exact) mass is 310 g/mol. The van der Waals surface area contributed by atoms with E-state index in [4.69, 9.17) is 4.74 Å². The van der Waals surface area contributed by atoms with Crippen molar-refractivity contribution in [3.63, 3.8) is 0 Å². The fraction of sp³-hybridized carbons (Fsp3) is 0.500. The van der Waals surface area contributed by atoms with E-state index in [0.29, 0.717) is 24.4 Å². The first-order chi connectivity index (χ1) is 9.82. The highest BCUT2D eigenvalue weighted by molar-refractivity contribution is 7.92. The van der Waals surface area contributed by atoms with Gasteiger partial charge in [0.1, 0.15) is 5.75 Å². The third-order valence-electron chi connectivity index (χ3n) is 4.46. The number of nitrogens with zero attached hydrogens (tertiary/aromatic N) is 1. The van der Waals surface area contributed by atoms with Gasteiger partial charge < -0.3 is 10.1 Å². The maximum atomic E-state index is 12.5. The molecule has 7 heteroatoms. The largest absolute Gasteiger partial charge is 0.497 e. The van der Waals surface area contributed by atoms with Gasteiger partial charge in [0.15, 0.2) is 4.75 Å². The van der Waals surface area contributed by atoms with Crippen LogP contribution >= 0.6 is 0 Å². The van der Waals surface area contributed by atoms with Crippen molar-refractivity contribution in [2.24, 2.45) is 5.92 Å². The van der Waals surface area contributed by atoms with Crippen molar-refractivity contribution in [1.29, 1.82) is 0 Å². The number of anilines is 1. The number of rotatable bonds is 3. The van der Waals surface area contributed by atoms with Gasteiger partial charge in [-0.25, -0.2) is 12.7 Å². The van der Waals surface area contributed by atoms with Crippen LogP contribution in [0.3, 0.4) is 0 Å². The third-order valence-corrected chi connectivity index (χ3v) is 7.04. The van der Waals surface area contributed by atoms with Crippen molar-refractivity contribution in [1.82, 2.24) is 4.31 Å². The van der Waals surface area contributed by atoms with Gasteiger partial charge in [0, 0.05) is 25.2 Å². The van der Waals surface area contributed by atoms with Gasteiger partial charge in [-0.2, -0.15) is 0 Å². The summed E-state index contributed by atoms with van der Waals surface area (Å²) in [6.07, 6.45) is 0.417. The van der Waals surface area contributed by atoms with Crippen molar-refractivity contribution < 1.29 is 17.9 Å². The van der Waals surface area contributed by atoms with Gasteiger partial charge in [-0.1, -0.05) is 0 Å². The van der Waals surface area contributed by atoms with E-state index in [1.54, 1.807) is 25.3 Å². The van der Waals surface area contributed by atoms with Crippen LogP contribution in [0.5, 0.6) is 5.75 Å². The molecule has 1 aliphatic heterocycles. The molecule has 6 nitrogen and oxygen atoms in total. The van der Waals surface area contributed by atoms with Gasteiger partial charge in [-0.05, 0) is 37.1 Å². The number of fused-ring (bicyclic) bond motifs is 1. The lowest BCUT2D eigenvalue weighted by Crippen LogP contribution is -2.40. The molecule has 114 valence electrons. The molecule has 0 radical (unpaired) electrons. The number of hydrogen-bond donors (Lipinski definition) is 1. The summed E-state index contributed by atoms with van der Waals surface area (Å²) in [4.78, 5) is 12.5. The molecular formula is C14H18N2O4S. The van der Waals surface area contributed by atoms with Gasteiger partial charge in [0.25, 0.3) is 0 Å². The Kier molecular flexibility index (Phi) is 3.04. The Bertz CT molecular complexity index is 716. The first-order valence-corrected chi connectivity index (χ1v) is 8.19. The standard InChI is InChI=1S/C14H18N2O4S/c1-9-6-11(20-3)4-5-12(9)15-13(17)14-7-10(14)8-16(2)21(14,18)19/h4-6,10H,7-8H2,1-3H3,(H,15,17)/t10-,14+/m1/s1. The van der Waals surface area contributed by atoms with Crippen LogP contribution in [0.1, 0.15) is 12.0 Å². The number of carbonyl (C=O) groups excluding carboxylic acids is 1. The summed E-state index contributed by atoms with van der Waals surface area (Å²) >= 11 is 0. The van der Waals surface area contributed by atoms with E-state index in [2.05, 4.69) is 5.32 Å². The molecule has 1 amide bonds. The maximum absolute atomic E-state index is 12.5. The maximum Gasteiger partial charge on any atom is 0.247 e. The molecule has 0 spiro atoms. The van der Waals surface area contributed by atoms with Crippen molar-refractivity contribution in [3.8, 4) is 5.75 Å². The quantitative estimate of drug-likeness (QED) is 0.903. The van der Waals surface area contributed by atoms with Crippen LogP contribution in [-0.2, 0) is 14.8 Å². The highest BCUT2D eigenvalue weighted by Gasteiger charge is 2.74. The molecule has 2 aliphatic rings. The molecule has 21 heavy (non-hydrogen) atoms. The first kappa shape index (κ1) is 14.3. The number of amides is 1. The normalized spacial score (nSPS) is 29.8. The predicted molar refractivity (Wildman–Crippen MR) is 78.7 cm³/mol. The van der Waals surface area contributed by atoms with Crippen LogP contribution in [0.25, 0.3) is 0 Å². The Labute approximate surface area is 124 Å². The molecular weight excluding hydrogens is 292 g/mol. The van der Waals surface area contributed by atoms with Crippen LogP contribution < -0.4 is 10.1 Å². The number of nitrogens with one attached hydrogen (secondary N) is 1. The van der Waals surface area contributed by atoms with E-state index in [-0.39, 0.29) is 5.92 Å². The zero-order valence-electron chi connectivity index (χ0n) is 12.2. The molecule has 1 saturated heterocycles. The van der Waals surface area contributed by atoms with Gasteiger partial charge in [-0.15, -0.1) is 0 Å². The second-order valence-corrected chi connectivity index (χ2v) is 8.01. The fourth-order valence-corrected chi connectivity index (χ4v) is 5.17. The van der Waals surface area contributed by atoms with Crippen LogP contribution in [0.4, 0.5) is 5.69 Å². The van der Waals surface area contributed by atoms with Crippen LogP contribution in [0.2, 0.25) is 0 Å². The first-order valence-electron chi connectivity index (χ1n) is 6.75. The van der Waals surface area contributed by atoms with E-state index in [1.807, 2.05) is 6.92 Å². The van der Waals surface area contributed by atoms with E-state index >= 15 is 0 Å². The smallest absolute Gasteiger partial charge is 0.247 e. The highest BCUT2D eigenvalue weighted by Crippen LogP contribution is 2.57. The van der Waals surface area contributed by atoms with E-state index in [9.17, 15) is 13.2 Å². The van der Waals surface area contributed by atoms with Gasteiger partial charge in [-0.3, -0.25) is 4.79 Å². The Hall–Kier alpha value is -1.60. The number of benzene rings is 1. The van der Waals surface area contributed by atoms with Crippen molar-refractivity contribution in [3.05, 3.63) is 23.8 Å². The summed E-state index contributed by atoms with van der Waals surface area (Å²) in [6.45, 7) is 2.27. The minimum Gasteiger partial charge on any atom is -0.497 e. The SMILES string of the molecule is COc1ccc(NC(=O)[C@]23C[C@@H]2CN(C)S3(=O)=O)c(C)c1. The molecule has 1 aromatic rings. The molecule has 1 aromatic carbocycles. The van der Waals surface area contributed by atoms with Crippen molar-refractivity contribution >= 4 is 21.6 Å². The predicted octanol–water partition coefficient (Wildman–Crippen LogP) is 0.976. The molecule has 0 aromatic heterocycles. The minimum atomic E-state index is -3.54. The average molecular weight is 310 g/mol. The Morgan fingerprint density at radius 1 is 1.48 bits per heavy atom. The highest BCUT2D eigenvalue weighted by atomic mass is 32.2. The summed E-state index contributed by atoms with van der Waals surface area (Å²) in [5.41, 5.74) is 1.45. The molecule has 1 heterocycles. The molecule has 3 rings (SSSR count). The van der Waals surface area contributed by atoms with Crippen molar-refractivity contribution in [2.45, 2.75) is 18.1 Å². The fourth-order valence-electron chi connectivity index (χ4n) is 3.05. The molecule has 2 fully saturated rings. The van der Waals surface area contributed by atoms with E-state index in [0.717, 1.165) is 5.56 Å². The Morgan fingerprint density at radius 3 is 2.71 bits per heavy atom. The lowest BCUT2D eigenvalue weighted by molar-refractivity contribution is -0.116. The summed E-state index contributed by atoms with van der Waals surface area (Å²) in [5, 5.41) is 2.76. The molecule has 2 atom stereocenters. The van der Waals surface area contributed by atoms with Crippen LogP contribution in [-0.4, -0.2) is 44.1 Å². The average Bonchev–Trinajstić information content (AvgIpc) is 3.12. The summed E-state index contributed by atoms with van der Waals surface area (Å²) in [5.74, 6) is 0.178.